The van der Waals surface area contributed by atoms with Gasteiger partial charge in [0, 0.05) is 4.47 Å². The second-order valence-corrected chi connectivity index (χ2v) is 5.59. The Balaban J connectivity index is 2.33. The lowest BCUT2D eigenvalue weighted by atomic mass is 10.1. The molecule has 1 heterocycles. The molecule has 0 atom stereocenters. The summed E-state index contributed by atoms with van der Waals surface area (Å²) in [5, 5.41) is 10.6. The molecule has 3 aromatic rings. The predicted octanol–water partition coefficient (Wildman–Crippen LogP) is 4.33. The van der Waals surface area contributed by atoms with Crippen LogP contribution in [0.2, 0.25) is 0 Å². The van der Waals surface area contributed by atoms with E-state index in [1.807, 2.05) is 13.0 Å². The number of fused-ring (bicyclic) bond motifs is 1. The highest BCUT2D eigenvalue weighted by Crippen LogP contribution is 2.37. The van der Waals surface area contributed by atoms with Crippen LogP contribution in [0.3, 0.4) is 0 Å². The van der Waals surface area contributed by atoms with E-state index in [2.05, 4.69) is 15.9 Å². The molecule has 0 bridgehead atoms. The molecule has 0 unspecified atom stereocenters. The van der Waals surface area contributed by atoms with Gasteiger partial charge < -0.3 is 14.3 Å². The summed E-state index contributed by atoms with van der Waals surface area (Å²) in [7, 11) is 0. The van der Waals surface area contributed by atoms with Crippen LogP contribution in [0.25, 0.3) is 22.3 Å². The Bertz CT molecular complexity index is 899. The molecule has 3 rings (SSSR count). The molecule has 0 amide bonds. The molecule has 0 aliphatic rings. The Morgan fingerprint density at radius 2 is 2.00 bits per heavy atom. The van der Waals surface area contributed by atoms with E-state index in [1.165, 1.54) is 0 Å². The molecule has 1 aromatic heterocycles. The fourth-order valence-corrected chi connectivity index (χ4v) is 2.64. The second kappa shape index (κ2) is 5.85. The first-order chi connectivity index (χ1) is 10.6. The Kier molecular flexibility index (Phi) is 3.90. The molecular weight excluding hydrogens is 348 g/mol. The first kappa shape index (κ1) is 14.7. The van der Waals surface area contributed by atoms with Gasteiger partial charge in [-0.2, -0.15) is 0 Å². The average molecular weight is 361 g/mol. The summed E-state index contributed by atoms with van der Waals surface area (Å²) in [6.45, 7) is 2.33. The molecule has 5 heteroatoms. The van der Waals surface area contributed by atoms with Gasteiger partial charge in [0.1, 0.15) is 11.3 Å². The van der Waals surface area contributed by atoms with Crippen molar-refractivity contribution >= 4 is 26.9 Å². The smallest absolute Gasteiger partial charge is 0.235 e. The van der Waals surface area contributed by atoms with Gasteiger partial charge in [-0.15, -0.1) is 0 Å². The van der Waals surface area contributed by atoms with Crippen LogP contribution in [0.1, 0.15) is 6.92 Å². The van der Waals surface area contributed by atoms with E-state index in [4.69, 9.17) is 9.15 Å². The highest BCUT2D eigenvalue weighted by molar-refractivity contribution is 9.10. The van der Waals surface area contributed by atoms with Crippen LogP contribution in [0.4, 0.5) is 0 Å². The van der Waals surface area contributed by atoms with E-state index in [0.717, 1.165) is 4.47 Å². The number of hydrogen-bond donors (Lipinski definition) is 1. The summed E-state index contributed by atoms with van der Waals surface area (Å²) in [6, 6.07) is 12.1. The Morgan fingerprint density at radius 3 is 2.77 bits per heavy atom. The van der Waals surface area contributed by atoms with Crippen molar-refractivity contribution in [2.45, 2.75) is 6.92 Å². The Labute approximate surface area is 135 Å². The third-order valence-corrected chi connectivity index (χ3v) is 3.75. The number of ether oxygens (including phenoxy) is 1. The zero-order valence-electron chi connectivity index (χ0n) is 11.8. The van der Waals surface area contributed by atoms with E-state index in [1.54, 1.807) is 36.4 Å². The lowest BCUT2D eigenvalue weighted by molar-refractivity contribution is 0.340. The summed E-state index contributed by atoms with van der Waals surface area (Å²) < 4.78 is 12.1. The van der Waals surface area contributed by atoms with E-state index >= 15 is 0 Å². The third kappa shape index (κ3) is 2.48. The molecule has 0 radical (unpaired) electrons. The normalized spacial score (nSPS) is 10.8. The number of halogens is 1. The minimum absolute atomic E-state index is 0.105. The van der Waals surface area contributed by atoms with Crippen molar-refractivity contribution in [3.05, 3.63) is 57.2 Å². The van der Waals surface area contributed by atoms with E-state index in [9.17, 15) is 9.90 Å². The fourth-order valence-electron chi connectivity index (χ4n) is 2.28. The van der Waals surface area contributed by atoms with Crippen molar-refractivity contribution in [2.75, 3.05) is 6.61 Å². The number of benzene rings is 2. The molecule has 0 saturated heterocycles. The summed E-state index contributed by atoms with van der Waals surface area (Å²) >= 11 is 3.38. The van der Waals surface area contributed by atoms with Crippen molar-refractivity contribution in [1.29, 1.82) is 0 Å². The molecule has 112 valence electrons. The van der Waals surface area contributed by atoms with Crippen LogP contribution in [0.5, 0.6) is 11.5 Å². The first-order valence-electron chi connectivity index (χ1n) is 6.79. The van der Waals surface area contributed by atoms with Gasteiger partial charge in [0.2, 0.25) is 11.2 Å². The number of para-hydroxylation sites is 1. The lowest BCUT2D eigenvalue weighted by Crippen LogP contribution is -2.03. The number of rotatable bonds is 3. The molecular formula is C17H13BrO4. The van der Waals surface area contributed by atoms with Crippen molar-refractivity contribution < 1.29 is 14.3 Å². The van der Waals surface area contributed by atoms with Crippen molar-refractivity contribution in [3.63, 3.8) is 0 Å². The van der Waals surface area contributed by atoms with Gasteiger partial charge in [-0.25, -0.2) is 0 Å². The zero-order valence-corrected chi connectivity index (χ0v) is 13.4. The third-order valence-electron chi connectivity index (χ3n) is 3.26. The van der Waals surface area contributed by atoms with Gasteiger partial charge in [-0.1, -0.05) is 28.1 Å². The average Bonchev–Trinajstić information content (AvgIpc) is 2.53. The highest BCUT2D eigenvalue weighted by Gasteiger charge is 2.18. The van der Waals surface area contributed by atoms with Crippen LogP contribution in [-0.2, 0) is 0 Å². The number of aromatic hydroxyl groups is 1. The van der Waals surface area contributed by atoms with Crippen molar-refractivity contribution in [2.24, 2.45) is 0 Å². The quantitative estimate of drug-likeness (QED) is 0.755. The molecule has 0 spiro atoms. The maximum Gasteiger partial charge on any atom is 0.235 e. The minimum atomic E-state index is -0.459. The largest absolute Gasteiger partial charge is 0.502 e. The van der Waals surface area contributed by atoms with Gasteiger partial charge in [0.25, 0.3) is 0 Å². The molecule has 4 nitrogen and oxygen atoms in total. The van der Waals surface area contributed by atoms with Crippen LogP contribution < -0.4 is 10.2 Å². The maximum atomic E-state index is 12.3. The summed E-state index contributed by atoms with van der Waals surface area (Å²) in [6.07, 6.45) is 0. The standard InChI is InChI=1S/C17H13BrO4/c1-2-21-13-8-7-10(18)9-12(13)17-16(20)15(19)11-5-3-4-6-14(11)22-17/h3-9,20H,2H2,1H3. The van der Waals surface area contributed by atoms with Crippen molar-refractivity contribution in [1.82, 2.24) is 0 Å². The maximum absolute atomic E-state index is 12.3. The van der Waals surface area contributed by atoms with Crippen LogP contribution in [-0.4, -0.2) is 11.7 Å². The summed E-state index contributed by atoms with van der Waals surface area (Å²) in [5.41, 5.74) is 0.485. The molecule has 0 fully saturated rings. The van der Waals surface area contributed by atoms with Gasteiger partial charge in [0.05, 0.1) is 17.6 Å². The van der Waals surface area contributed by atoms with E-state index in [-0.39, 0.29) is 5.76 Å². The van der Waals surface area contributed by atoms with Gasteiger partial charge in [-0.05, 0) is 37.3 Å². The van der Waals surface area contributed by atoms with E-state index in [0.29, 0.717) is 28.9 Å². The second-order valence-electron chi connectivity index (χ2n) is 4.68. The van der Waals surface area contributed by atoms with Crippen molar-refractivity contribution in [3.8, 4) is 22.8 Å². The predicted molar refractivity (Wildman–Crippen MR) is 88.5 cm³/mol. The van der Waals surface area contributed by atoms with Gasteiger partial charge in [-0.3, -0.25) is 4.79 Å². The topological polar surface area (TPSA) is 59.7 Å². The highest BCUT2D eigenvalue weighted by atomic mass is 79.9. The Hall–Kier alpha value is -2.27. The van der Waals surface area contributed by atoms with Crippen LogP contribution in [0.15, 0.2) is 56.1 Å². The van der Waals surface area contributed by atoms with Crippen LogP contribution in [0, 0.1) is 0 Å². The minimum Gasteiger partial charge on any atom is -0.502 e. The summed E-state index contributed by atoms with van der Waals surface area (Å²) in [5.74, 6) is 0.227. The molecule has 2 aromatic carbocycles. The van der Waals surface area contributed by atoms with Gasteiger partial charge in [0.15, 0.2) is 5.76 Å². The summed E-state index contributed by atoms with van der Waals surface area (Å²) in [4.78, 5) is 12.3. The first-order valence-corrected chi connectivity index (χ1v) is 7.58. The fraction of sp³-hybridized carbons (Fsp3) is 0.118. The molecule has 22 heavy (non-hydrogen) atoms. The molecule has 0 aliphatic heterocycles. The monoisotopic (exact) mass is 360 g/mol. The lowest BCUT2D eigenvalue weighted by Gasteiger charge is -2.11. The SMILES string of the molecule is CCOc1ccc(Br)cc1-c1oc2ccccc2c(=O)c1O. The number of hydrogen-bond acceptors (Lipinski definition) is 4. The Morgan fingerprint density at radius 1 is 1.23 bits per heavy atom. The molecule has 0 aliphatic carbocycles. The van der Waals surface area contributed by atoms with Crippen LogP contribution >= 0.6 is 15.9 Å². The zero-order chi connectivity index (χ0) is 15.7. The molecule has 1 N–H and O–H groups in total. The molecule has 0 saturated carbocycles. The van der Waals surface area contributed by atoms with E-state index < -0.39 is 11.2 Å². The van der Waals surface area contributed by atoms with Gasteiger partial charge >= 0.3 is 0 Å².